The standard InChI is InChI=1S/C10H10ClNO/c1-6-3-2-4-7-8(5-13)10(11)12-9(6)7/h2-4,12-13H,5H2,1H3. The Labute approximate surface area is 81.1 Å². The van der Waals surface area contributed by atoms with E-state index in [-0.39, 0.29) is 6.61 Å². The van der Waals surface area contributed by atoms with Crippen molar-refractivity contribution in [2.75, 3.05) is 0 Å². The van der Waals surface area contributed by atoms with Gasteiger partial charge in [-0.15, -0.1) is 0 Å². The van der Waals surface area contributed by atoms with Crippen molar-refractivity contribution < 1.29 is 5.11 Å². The van der Waals surface area contributed by atoms with E-state index in [1.165, 1.54) is 0 Å². The number of hydrogen-bond donors (Lipinski definition) is 2. The minimum absolute atomic E-state index is 0.0255. The molecule has 2 aromatic rings. The van der Waals surface area contributed by atoms with E-state index in [2.05, 4.69) is 4.98 Å². The number of nitrogens with one attached hydrogen (secondary N) is 1. The fourth-order valence-electron chi connectivity index (χ4n) is 1.54. The van der Waals surface area contributed by atoms with Gasteiger partial charge >= 0.3 is 0 Å². The summed E-state index contributed by atoms with van der Waals surface area (Å²) in [6, 6.07) is 5.92. The molecule has 0 bridgehead atoms. The smallest absolute Gasteiger partial charge is 0.112 e. The molecule has 0 radical (unpaired) electrons. The van der Waals surface area contributed by atoms with E-state index in [1.807, 2.05) is 25.1 Å². The van der Waals surface area contributed by atoms with E-state index < -0.39 is 0 Å². The van der Waals surface area contributed by atoms with Gasteiger partial charge in [0.25, 0.3) is 0 Å². The van der Waals surface area contributed by atoms with Crippen LogP contribution in [0.25, 0.3) is 10.9 Å². The second-order valence-electron chi connectivity index (χ2n) is 3.07. The summed E-state index contributed by atoms with van der Waals surface area (Å²) in [6.07, 6.45) is 0. The summed E-state index contributed by atoms with van der Waals surface area (Å²) in [5, 5.41) is 10.6. The summed E-state index contributed by atoms with van der Waals surface area (Å²) in [6.45, 7) is 1.98. The van der Waals surface area contributed by atoms with Crippen molar-refractivity contribution in [2.45, 2.75) is 13.5 Å². The maximum Gasteiger partial charge on any atom is 0.112 e. The van der Waals surface area contributed by atoms with Gasteiger partial charge in [0, 0.05) is 16.5 Å². The normalized spacial score (nSPS) is 11.0. The van der Waals surface area contributed by atoms with Gasteiger partial charge in [-0.2, -0.15) is 0 Å². The molecular formula is C10H10ClNO. The minimum Gasteiger partial charge on any atom is -0.392 e. The zero-order valence-electron chi connectivity index (χ0n) is 7.26. The molecule has 0 fully saturated rings. The van der Waals surface area contributed by atoms with E-state index >= 15 is 0 Å². The van der Waals surface area contributed by atoms with Crippen LogP contribution in [0.2, 0.25) is 5.15 Å². The van der Waals surface area contributed by atoms with E-state index in [0.29, 0.717) is 5.15 Å². The van der Waals surface area contributed by atoms with Crippen molar-refractivity contribution in [3.05, 3.63) is 34.5 Å². The highest BCUT2D eigenvalue weighted by Crippen LogP contribution is 2.27. The summed E-state index contributed by atoms with van der Waals surface area (Å²) in [5.74, 6) is 0. The van der Waals surface area contributed by atoms with Crippen molar-refractivity contribution in [1.82, 2.24) is 4.98 Å². The third-order valence-corrected chi connectivity index (χ3v) is 2.58. The third kappa shape index (κ3) is 1.23. The van der Waals surface area contributed by atoms with Gasteiger partial charge in [-0.1, -0.05) is 29.8 Å². The average Bonchev–Trinajstić information content (AvgIpc) is 2.43. The first-order valence-corrected chi connectivity index (χ1v) is 4.48. The molecule has 1 heterocycles. The fraction of sp³-hybridized carbons (Fsp3) is 0.200. The molecule has 0 saturated heterocycles. The molecule has 3 heteroatoms. The number of hydrogen-bond acceptors (Lipinski definition) is 1. The molecule has 0 aliphatic rings. The van der Waals surface area contributed by atoms with Crippen LogP contribution in [0.3, 0.4) is 0 Å². The van der Waals surface area contributed by atoms with Crippen LogP contribution < -0.4 is 0 Å². The van der Waals surface area contributed by atoms with Crippen molar-refractivity contribution in [3.63, 3.8) is 0 Å². The molecule has 0 amide bonds. The summed E-state index contributed by atoms with van der Waals surface area (Å²) >= 11 is 5.92. The Morgan fingerprint density at radius 1 is 1.46 bits per heavy atom. The third-order valence-electron chi connectivity index (χ3n) is 2.26. The number of para-hydroxylation sites is 1. The van der Waals surface area contributed by atoms with Gasteiger partial charge in [-0.25, -0.2) is 0 Å². The summed E-state index contributed by atoms with van der Waals surface area (Å²) in [5.41, 5.74) is 2.93. The number of H-pyrrole nitrogens is 1. The average molecular weight is 196 g/mol. The zero-order chi connectivity index (χ0) is 9.42. The van der Waals surface area contributed by atoms with Gasteiger partial charge in [0.1, 0.15) is 5.15 Å². The number of rotatable bonds is 1. The number of fused-ring (bicyclic) bond motifs is 1. The second-order valence-corrected chi connectivity index (χ2v) is 3.45. The van der Waals surface area contributed by atoms with E-state index in [0.717, 1.165) is 22.0 Å². The first-order chi connectivity index (χ1) is 6.24. The summed E-state index contributed by atoms with van der Waals surface area (Å²) in [7, 11) is 0. The minimum atomic E-state index is -0.0255. The van der Waals surface area contributed by atoms with E-state index in [4.69, 9.17) is 16.7 Å². The van der Waals surface area contributed by atoms with Crippen LogP contribution in [0.4, 0.5) is 0 Å². The van der Waals surface area contributed by atoms with Crippen LogP contribution in [0.15, 0.2) is 18.2 Å². The van der Waals surface area contributed by atoms with Crippen LogP contribution >= 0.6 is 11.6 Å². The monoisotopic (exact) mass is 195 g/mol. The van der Waals surface area contributed by atoms with Gasteiger partial charge < -0.3 is 10.1 Å². The molecule has 0 unspecified atom stereocenters. The quantitative estimate of drug-likeness (QED) is 0.721. The lowest BCUT2D eigenvalue weighted by Gasteiger charge is -1.95. The van der Waals surface area contributed by atoms with Crippen molar-refractivity contribution in [2.24, 2.45) is 0 Å². The number of halogens is 1. The molecule has 2 rings (SSSR count). The molecule has 2 N–H and O–H groups in total. The van der Waals surface area contributed by atoms with Gasteiger partial charge in [0.15, 0.2) is 0 Å². The number of benzene rings is 1. The predicted molar refractivity (Wildman–Crippen MR) is 54.0 cm³/mol. The first kappa shape index (κ1) is 8.60. The van der Waals surface area contributed by atoms with Gasteiger partial charge in [-0.3, -0.25) is 0 Å². The topological polar surface area (TPSA) is 36.0 Å². The maximum atomic E-state index is 9.09. The summed E-state index contributed by atoms with van der Waals surface area (Å²) in [4.78, 5) is 3.05. The number of aliphatic hydroxyl groups excluding tert-OH is 1. The molecular weight excluding hydrogens is 186 g/mol. The van der Waals surface area contributed by atoms with Crippen molar-refractivity contribution in [3.8, 4) is 0 Å². The van der Waals surface area contributed by atoms with Crippen LogP contribution in [0.5, 0.6) is 0 Å². The molecule has 0 spiro atoms. The van der Waals surface area contributed by atoms with Gasteiger partial charge in [-0.05, 0) is 12.5 Å². The molecule has 0 atom stereocenters. The predicted octanol–water partition coefficient (Wildman–Crippen LogP) is 2.62. The highest BCUT2D eigenvalue weighted by Gasteiger charge is 2.09. The number of aryl methyl sites for hydroxylation is 1. The highest BCUT2D eigenvalue weighted by molar-refractivity contribution is 6.31. The molecule has 0 aliphatic heterocycles. The Hall–Kier alpha value is -0.990. The number of aromatic nitrogens is 1. The van der Waals surface area contributed by atoms with Crippen molar-refractivity contribution in [1.29, 1.82) is 0 Å². The molecule has 68 valence electrons. The lowest BCUT2D eigenvalue weighted by atomic mass is 10.1. The lowest BCUT2D eigenvalue weighted by molar-refractivity contribution is 0.283. The number of aromatic amines is 1. The summed E-state index contributed by atoms with van der Waals surface area (Å²) < 4.78 is 0. The Morgan fingerprint density at radius 3 is 2.92 bits per heavy atom. The van der Waals surface area contributed by atoms with Crippen LogP contribution in [-0.4, -0.2) is 10.1 Å². The molecule has 1 aromatic carbocycles. The van der Waals surface area contributed by atoms with E-state index in [1.54, 1.807) is 0 Å². The molecule has 13 heavy (non-hydrogen) atoms. The Kier molecular flexibility index (Phi) is 2.02. The zero-order valence-corrected chi connectivity index (χ0v) is 8.02. The van der Waals surface area contributed by atoms with Crippen LogP contribution in [-0.2, 0) is 6.61 Å². The Morgan fingerprint density at radius 2 is 2.23 bits per heavy atom. The van der Waals surface area contributed by atoms with Gasteiger partial charge in [0.05, 0.1) is 6.61 Å². The Balaban J connectivity index is 2.86. The SMILES string of the molecule is Cc1cccc2c(CO)c(Cl)[nH]c12. The lowest BCUT2D eigenvalue weighted by Crippen LogP contribution is -1.80. The first-order valence-electron chi connectivity index (χ1n) is 4.10. The molecule has 2 nitrogen and oxygen atoms in total. The van der Waals surface area contributed by atoms with Crippen molar-refractivity contribution >= 4 is 22.5 Å². The highest BCUT2D eigenvalue weighted by atomic mass is 35.5. The Bertz CT molecular complexity index is 447. The fourth-order valence-corrected chi connectivity index (χ4v) is 1.80. The molecule has 0 aliphatic carbocycles. The van der Waals surface area contributed by atoms with Gasteiger partial charge in [0.2, 0.25) is 0 Å². The van der Waals surface area contributed by atoms with Crippen LogP contribution in [0, 0.1) is 6.92 Å². The molecule has 0 saturated carbocycles. The van der Waals surface area contributed by atoms with Crippen LogP contribution in [0.1, 0.15) is 11.1 Å². The van der Waals surface area contributed by atoms with E-state index in [9.17, 15) is 0 Å². The second kappa shape index (κ2) is 3.05. The maximum absolute atomic E-state index is 9.09. The molecule has 1 aromatic heterocycles. The largest absolute Gasteiger partial charge is 0.392 e. The number of aliphatic hydroxyl groups is 1.